The lowest BCUT2D eigenvalue weighted by molar-refractivity contribution is 0.0995. The van der Waals surface area contributed by atoms with Gasteiger partial charge in [-0.05, 0) is 24.3 Å². The number of hydrogen-bond acceptors (Lipinski definition) is 4. The molecule has 1 amide bonds. The molecule has 0 fully saturated rings. The fourth-order valence-electron chi connectivity index (χ4n) is 2.64. The van der Waals surface area contributed by atoms with Crippen LogP contribution in [0.3, 0.4) is 0 Å². The number of amides is 1. The molecule has 2 aromatic heterocycles. The van der Waals surface area contributed by atoms with Gasteiger partial charge in [0.25, 0.3) is 5.91 Å². The summed E-state index contributed by atoms with van der Waals surface area (Å²) < 4.78 is 8.03. The zero-order valence-corrected chi connectivity index (χ0v) is 14.6. The minimum Gasteiger partial charge on any atom is -0.463 e. The highest BCUT2D eigenvalue weighted by atomic mass is 35.5. The zero-order chi connectivity index (χ0) is 17.6. The average Bonchev–Trinajstić information content (AvgIpc) is 2.92. The predicted molar refractivity (Wildman–Crippen MR) is 98.2 cm³/mol. The first-order chi connectivity index (χ1) is 12.1. The van der Waals surface area contributed by atoms with Crippen molar-refractivity contribution in [1.29, 1.82) is 0 Å². The molecule has 124 valence electrons. The SMILES string of the molecule is Cn1c(=NC(=O)c2coc3ccccc3c2=O)sc2cccc(Cl)c21. The Morgan fingerprint density at radius 2 is 2.00 bits per heavy atom. The number of thiazole rings is 1. The van der Waals surface area contributed by atoms with Gasteiger partial charge in [0.2, 0.25) is 5.43 Å². The molecule has 25 heavy (non-hydrogen) atoms. The number of hydrogen-bond donors (Lipinski definition) is 0. The number of halogens is 1. The highest BCUT2D eigenvalue weighted by Gasteiger charge is 2.15. The van der Waals surface area contributed by atoms with Crippen LogP contribution in [0.1, 0.15) is 10.4 Å². The van der Waals surface area contributed by atoms with Crippen LogP contribution in [-0.4, -0.2) is 10.5 Å². The summed E-state index contributed by atoms with van der Waals surface area (Å²) in [5.74, 6) is -0.641. The number of carbonyl (C=O) groups excluding carboxylic acids is 1. The van der Waals surface area contributed by atoms with Crippen LogP contribution in [0.25, 0.3) is 21.2 Å². The van der Waals surface area contributed by atoms with Crippen LogP contribution in [-0.2, 0) is 7.05 Å². The van der Waals surface area contributed by atoms with Gasteiger partial charge in [-0.15, -0.1) is 0 Å². The summed E-state index contributed by atoms with van der Waals surface area (Å²) in [6, 6.07) is 12.3. The van der Waals surface area contributed by atoms with Crippen LogP contribution in [0.2, 0.25) is 5.02 Å². The summed E-state index contributed by atoms with van der Waals surface area (Å²) in [4.78, 5) is 29.6. The Kier molecular flexibility index (Phi) is 3.78. The van der Waals surface area contributed by atoms with Crippen molar-refractivity contribution in [3.05, 3.63) is 74.3 Å². The molecule has 0 atom stereocenters. The van der Waals surface area contributed by atoms with Crippen LogP contribution in [0, 0.1) is 0 Å². The van der Waals surface area contributed by atoms with Gasteiger partial charge in [0.15, 0.2) is 4.80 Å². The van der Waals surface area contributed by atoms with E-state index < -0.39 is 11.3 Å². The van der Waals surface area contributed by atoms with Gasteiger partial charge in [0, 0.05) is 7.05 Å². The number of carbonyl (C=O) groups is 1. The van der Waals surface area contributed by atoms with Gasteiger partial charge in [0.05, 0.1) is 20.6 Å². The quantitative estimate of drug-likeness (QED) is 0.512. The Morgan fingerprint density at radius 1 is 1.20 bits per heavy atom. The van der Waals surface area contributed by atoms with Crippen molar-refractivity contribution in [2.45, 2.75) is 0 Å². The molecule has 5 nitrogen and oxygen atoms in total. The molecule has 0 N–H and O–H groups in total. The van der Waals surface area contributed by atoms with Crippen LogP contribution in [0.15, 0.2) is 62.9 Å². The van der Waals surface area contributed by atoms with E-state index >= 15 is 0 Å². The van der Waals surface area contributed by atoms with Gasteiger partial charge < -0.3 is 8.98 Å². The lowest BCUT2D eigenvalue weighted by Gasteiger charge is -1.99. The first-order valence-corrected chi connectivity index (χ1v) is 8.59. The van der Waals surface area contributed by atoms with Gasteiger partial charge >= 0.3 is 0 Å². The third-order valence-corrected chi connectivity index (χ3v) is 5.28. The second-order valence-electron chi connectivity index (χ2n) is 5.42. The van der Waals surface area contributed by atoms with Gasteiger partial charge in [-0.1, -0.05) is 41.1 Å². The monoisotopic (exact) mass is 370 g/mol. The molecule has 0 bridgehead atoms. The van der Waals surface area contributed by atoms with Crippen LogP contribution in [0.5, 0.6) is 0 Å². The third kappa shape index (κ3) is 2.59. The number of aryl methyl sites for hydroxylation is 1. The Balaban J connectivity index is 1.89. The second-order valence-corrected chi connectivity index (χ2v) is 6.84. The van der Waals surface area contributed by atoms with Crippen molar-refractivity contribution < 1.29 is 9.21 Å². The van der Waals surface area contributed by atoms with Crippen molar-refractivity contribution >= 4 is 50.0 Å². The molecule has 0 aliphatic heterocycles. The number of fused-ring (bicyclic) bond motifs is 2. The summed E-state index contributed by atoms with van der Waals surface area (Å²) in [6.45, 7) is 0. The molecule has 0 aliphatic rings. The van der Waals surface area contributed by atoms with Crippen LogP contribution in [0.4, 0.5) is 0 Å². The maximum Gasteiger partial charge on any atom is 0.286 e. The Hall–Kier alpha value is -2.70. The van der Waals surface area contributed by atoms with E-state index in [2.05, 4.69) is 4.99 Å². The van der Waals surface area contributed by atoms with Gasteiger partial charge in [0.1, 0.15) is 17.4 Å². The molecule has 4 aromatic rings. The lowest BCUT2D eigenvalue weighted by Crippen LogP contribution is -2.18. The highest BCUT2D eigenvalue weighted by molar-refractivity contribution is 7.16. The summed E-state index contributed by atoms with van der Waals surface area (Å²) in [5, 5.41) is 0.933. The van der Waals surface area contributed by atoms with E-state index in [-0.39, 0.29) is 5.56 Å². The molecular formula is C18H11ClN2O3S. The normalized spacial score (nSPS) is 12.2. The fraction of sp³-hybridized carbons (Fsp3) is 0.0556. The van der Waals surface area contributed by atoms with Crippen LogP contribution >= 0.6 is 22.9 Å². The molecule has 0 spiro atoms. The standard InChI is InChI=1S/C18H11ClN2O3S/c1-21-15-12(19)6-4-8-14(15)25-18(21)20-17(23)11-9-24-13-7-3-2-5-10(13)16(11)22/h2-9H,1H3. The topological polar surface area (TPSA) is 64.6 Å². The van der Waals surface area contributed by atoms with Crippen molar-refractivity contribution in [3.63, 3.8) is 0 Å². The Bertz CT molecular complexity index is 1270. The van der Waals surface area contributed by atoms with Crippen molar-refractivity contribution in [3.8, 4) is 0 Å². The summed E-state index contributed by atoms with van der Waals surface area (Å²) in [7, 11) is 1.78. The number of rotatable bonds is 1. The van der Waals surface area contributed by atoms with Crippen LogP contribution < -0.4 is 10.2 Å². The maximum atomic E-state index is 12.5. The summed E-state index contributed by atoms with van der Waals surface area (Å²) >= 11 is 7.54. The smallest absolute Gasteiger partial charge is 0.286 e. The first-order valence-electron chi connectivity index (χ1n) is 7.40. The number of aromatic nitrogens is 1. The number of nitrogens with zero attached hydrogens (tertiary/aromatic N) is 2. The van der Waals surface area contributed by atoms with E-state index in [1.165, 1.54) is 11.3 Å². The molecule has 0 saturated carbocycles. The third-order valence-electron chi connectivity index (χ3n) is 3.88. The van der Waals surface area contributed by atoms with Crippen molar-refractivity contribution in [2.75, 3.05) is 0 Å². The average molecular weight is 371 g/mol. The molecule has 0 saturated heterocycles. The minimum atomic E-state index is -0.641. The van der Waals surface area contributed by atoms with E-state index in [1.54, 1.807) is 41.9 Å². The zero-order valence-electron chi connectivity index (χ0n) is 13.0. The van der Waals surface area contributed by atoms with Gasteiger partial charge in [-0.3, -0.25) is 9.59 Å². The largest absolute Gasteiger partial charge is 0.463 e. The minimum absolute atomic E-state index is 0.0951. The molecule has 0 aliphatic carbocycles. The molecule has 2 aromatic carbocycles. The number of benzene rings is 2. The molecule has 2 heterocycles. The van der Waals surface area contributed by atoms with Crippen molar-refractivity contribution in [1.82, 2.24) is 4.57 Å². The van der Waals surface area contributed by atoms with Gasteiger partial charge in [-0.25, -0.2) is 0 Å². The highest BCUT2D eigenvalue weighted by Crippen LogP contribution is 2.24. The molecule has 7 heteroatoms. The Morgan fingerprint density at radius 3 is 2.80 bits per heavy atom. The molecule has 0 radical (unpaired) electrons. The van der Waals surface area contributed by atoms with E-state index in [4.69, 9.17) is 16.0 Å². The van der Waals surface area contributed by atoms with Gasteiger partial charge in [-0.2, -0.15) is 4.99 Å². The molecule has 0 unspecified atom stereocenters. The van der Waals surface area contributed by atoms with E-state index in [0.717, 1.165) is 16.5 Å². The second kappa shape index (κ2) is 5.98. The number of para-hydroxylation sites is 2. The lowest BCUT2D eigenvalue weighted by atomic mass is 10.2. The Labute approximate surface area is 150 Å². The molecular weight excluding hydrogens is 360 g/mol. The molecule has 4 rings (SSSR count). The van der Waals surface area contributed by atoms with E-state index in [1.807, 2.05) is 12.1 Å². The van der Waals surface area contributed by atoms with E-state index in [0.29, 0.717) is 20.8 Å². The fourth-order valence-corrected chi connectivity index (χ4v) is 4.04. The van der Waals surface area contributed by atoms with E-state index in [9.17, 15) is 9.59 Å². The predicted octanol–water partition coefficient (Wildman–Crippen LogP) is 3.74. The maximum absolute atomic E-state index is 12.5. The van der Waals surface area contributed by atoms with Crippen molar-refractivity contribution in [2.24, 2.45) is 12.0 Å². The summed E-state index contributed by atoms with van der Waals surface area (Å²) in [5.41, 5.74) is 0.745. The first kappa shape index (κ1) is 15.8. The summed E-state index contributed by atoms with van der Waals surface area (Å²) in [6.07, 6.45) is 1.16.